The number of hydrogen-bond donors (Lipinski definition) is 1. The van der Waals surface area contributed by atoms with Crippen molar-refractivity contribution >= 4 is 0 Å². The van der Waals surface area contributed by atoms with E-state index in [0.717, 1.165) is 25.4 Å². The highest BCUT2D eigenvalue weighted by Crippen LogP contribution is 2.22. The minimum atomic E-state index is 0.0960. The number of rotatable bonds is 3. The predicted molar refractivity (Wildman–Crippen MR) is 65.2 cm³/mol. The van der Waals surface area contributed by atoms with Gasteiger partial charge in [-0.05, 0) is 26.0 Å². The Balaban J connectivity index is 2.03. The summed E-state index contributed by atoms with van der Waals surface area (Å²) in [5.74, 6) is 0.982. The molecule has 2 heterocycles. The first-order valence-electron chi connectivity index (χ1n) is 5.99. The summed E-state index contributed by atoms with van der Waals surface area (Å²) in [7, 11) is 0. The Hall–Kier alpha value is -1.31. The summed E-state index contributed by atoms with van der Waals surface area (Å²) in [5.41, 5.74) is 0.0960. The molecule has 1 N–H and O–H groups in total. The first-order chi connectivity index (χ1) is 8.12. The van der Waals surface area contributed by atoms with Gasteiger partial charge >= 0.3 is 0 Å². The van der Waals surface area contributed by atoms with Crippen molar-refractivity contribution in [1.29, 1.82) is 5.26 Å². The van der Waals surface area contributed by atoms with Gasteiger partial charge in [-0.1, -0.05) is 0 Å². The Kier molecular flexibility index (Phi) is 3.51. The smallest absolute Gasteiger partial charge is 0.117 e. The molecule has 1 saturated heterocycles. The van der Waals surface area contributed by atoms with Crippen LogP contribution in [0.3, 0.4) is 0 Å². The fourth-order valence-electron chi connectivity index (χ4n) is 2.20. The van der Waals surface area contributed by atoms with E-state index in [9.17, 15) is 0 Å². The maximum atomic E-state index is 8.76. The molecule has 2 rings (SSSR count). The highest BCUT2D eigenvalue weighted by atomic mass is 16.3. The third-order valence-electron chi connectivity index (χ3n) is 3.38. The van der Waals surface area contributed by atoms with Crippen LogP contribution < -0.4 is 5.32 Å². The van der Waals surface area contributed by atoms with E-state index in [1.54, 1.807) is 6.26 Å². The van der Waals surface area contributed by atoms with Crippen LogP contribution in [0, 0.1) is 11.3 Å². The molecule has 1 atom stereocenters. The summed E-state index contributed by atoms with van der Waals surface area (Å²) < 4.78 is 5.40. The molecule has 1 aliphatic heterocycles. The third-order valence-corrected chi connectivity index (χ3v) is 3.38. The number of nitriles is 1. The minimum Gasteiger partial charge on any atom is -0.468 e. The average molecular weight is 233 g/mol. The summed E-state index contributed by atoms with van der Waals surface area (Å²) in [4.78, 5) is 2.38. The lowest BCUT2D eigenvalue weighted by Crippen LogP contribution is -2.61. The van der Waals surface area contributed by atoms with E-state index in [1.807, 2.05) is 12.1 Å². The summed E-state index contributed by atoms with van der Waals surface area (Å²) in [6, 6.07) is 6.41. The number of hydrogen-bond acceptors (Lipinski definition) is 4. The van der Waals surface area contributed by atoms with E-state index in [-0.39, 0.29) is 11.6 Å². The molecule has 1 aromatic heterocycles. The van der Waals surface area contributed by atoms with Gasteiger partial charge < -0.3 is 9.73 Å². The molecule has 0 aliphatic carbocycles. The van der Waals surface area contributed by atoms with Gasteiger partial charge in [0.05, 0.1) is 25.3 Å². The third kappa shape index (κ3) is 2.87. The molecule has 92 valence electrons. The normalized spacial score (nSPS) is 24.4. The highest BCUT2D eigenvalue weighted by Gasteiger charge is 2.34. The Morgan fingerprint density at radius 2 is 2.47 bits per heavy atom. The van der Waals surface area contributed by atoms with Crippen LogP contribution in [0.1, 0.15) is 26.0 Å². The largest absolute Gasteiger partial charge is 0.468 e. The maximum Gasteiger partial charge on any atom is 0.117 e. The number of nitrogens with zero attached hydrogens (tertiary/aromatic N) is 2. The van der Waals surface area contributed by atoms with E-state index in [2.05, 4.69) is 30.1 Å². The fourth-order valence-corrected chi connectivity index (χ4v) is 2.20. The van der Waals surface area contributed by atoms with Gasteiger partial charge in [0.15, 0.2) is 0 Å². The topological polar surface area (TPSA) is 52.2 Å². The van der Waals surface area contributed by atoms with E-state index < -0.39 is 0 Å². The first kappa shape index (κ1) is 12.2. The molecule has 1 fully saturated rings. The monoisotopic (exact) mass is 233 g/mol. The van der Waals surface area contributed by atoms with Crippen LogP contribution in [0.2, 0.25) is 0 Å². The Bertz CT molecular complexity index is 391. The van der Waals surface area contributed by atoms with Crippen molar-refractivity contribution in [3.8, 4) is 6.07 Å². The Labute approximate surface area is 102 Å². The zero-order valence-corrected chi connectivity index (χ0v) is 10.4. The second-order valence-electron chi connectivity index (χ2n) is 5.21. The van der Waals surface area contributed by atoms with Gasteiger partial charge in [0.2, 0.25) is 0 Å². The van der Waals surface area contributed by atoms with E-state index in [4.69, 9.17) is 9.68 Å². The average Bonchev–Trinajstić information content (AvgIpc) is 2.76. The maximum absolute atomic E-state index is 8.76. The van der Waals surface area contributed by atoms with Crippen molar-refractivity contribution in [1.82, 2.24) is 10.2 Å². The predicted octanol–water partition coefficient (Wildman–Crippen LogP) is 1.75. The van der Waals surface area contributed by atoms with Crippen LogP contribution in [-0.4, -0.2) is 29.6 Å². The standard InChI is InChI=1S/C13H19N3O/c1-13(2)10-15-11(5-6-14)8-16(13)9-12-4-3-7-17-12/h3-4,7,11,15H,5,8-10H2,1-2H3. The molecule has 1 unspecified atom stereocenters. The summed E-state index contributed by atoms with van der Waals surface area (Å²) >= 11 is 0. The molecular weight excluding hydrogens is 214 g/mol. The lowest BCUT2D eigenvalue weighted by atomic mass is 9.96. The van der Waals surface area contributed by atoms with Crippen molar-refractivity contribution in [3.05, 3.63) is 24.2 Å². The van der Waals surface area contributed by atoms with E-state index in [0.29, 0.717) is 6.42 Å². The van der Waals surface area contributed by atoms with Crippen LogP contribution in [0.15, 0.2) is 22.8 Å². The molecule has 0 amide bonds. The van der Waals surface area contributed by atoms with Gasteiger partial charge in [-0.15, -0.1) is 0 Å². The molecule has 0 bridgehead atoms. The van der Waals surface area contributed by atoms with E-state index >= 15 is 0 Å². The lowest BCUT2D eigenvalue weighted by Gasteiger charge is -2.45. The van der Waals surface area contributed by atoms with Crippen LogP contribution in [0.5, 0.6) is 0 Å². The molecule has 4 heteroatoms. The summed E-state index contributed by atoms with van der Waals surface area (Å²) in [5, 5.41) is 12.2. The van der Waals surface area contributed by atoms with Crippen LogP contribution in [0.4, 0.5) is 0 Å². The van der Waals surface area contributed by atoms with Crippen molar-refractivity contribution in [2.75, 3.05) is 13.1 Å². The molecule has 0 spiro atoms. The molecule has 4 nitrogen and oxygen atoms in total. The van der Waals surface area contributed by atoms with Gasteiger partial charge in [-0.25, -0.2) is 0 Å². The summed E-state index contributed by atoms with van der Waals surface area (Å²) in [6.07, 6.45) is 2.27. The van der Waals surface area contributed by atoms with E-state index in [1.165, 1.54) is 0 Å². The molecular formula is C13H19N3O. The zero-order valence-electron chi connectivity index (χ0n) is 10.4. The van der Waals surface area contributed by atoms with Crippen LogP contribution in [-0.2, 0) is 6.54 Å². The van der Waals surface area contributed by atoms with Gasteiger partial charge in [-0.3, -0.25) is 4.90 Å². The van der Waals surface area contributed by atoms with Gasteiger partial charge in [0.25, 0.3) is 0 Å². The Morgan fingerprint density at radius 1 is 1.65 bits per heavy atom. The van der Waals surface area contributed by atoms with Crippen molar-refractivity contribution < 1.29 is 4.42 Å². The molecule has 17 heavy (non-hydrogen) atoms. The molecule has 1 aromatic rings. The zero-order chi connectivity index (χ0) is 12.3. The number of nitrogens with one attached hydrogen (secondary N) is 1. The Morgan fingerprint density at radius 3 is 3.12 bits per heavy atom. The van der Waals surface area contributed by atoms with Crippen molar-refractivity contribution in [2.45, 2.75) is 38.4 Å². The van der Waals surface area contributed by atoms with Crippen LogP contribution >= 0.6 is 0 Å². The second kappa shape index (κ2) is 4.91. The lowest BCUT2D eigenvalue weighted by molar-refractivity contribution is 0.0533. The van der Waals surface area contributed by atoms with Gasteiger partial charge in [0, 0.05) is 24.7 Å². The van der Waals surface area contributed by atoms with Crippen molar-refractivity contribution in [2.24, 2.45) is 0 Å². The first-order valence-corrected chi connectivity index (χ1v) is 5.99. The van der Waals surface area contributed by atoms with Crippen LogP contribution in [0.25, 0.3) is 0 Å². The molecule has 0 radical (unpaired) electrons. The van der Waals surface area contributed by atoms with Crippen molar-refractivity contribution in [3.63, 3.8) is 0 Å². The number of furan rings is 1. The molecule has 0 saturated carbocycles. The fraction of sp³-hybridized carbons (Fsp3) is 0.615. The summed E-state index contributed by atoms with van der Waals surface area (Å²) in [6.45, 7) is 7.03. The number of piperazine rings is 1. The highest BCUT2D eigenvalue weighted by molar-refractivity contribution is 5.02. The minimum absolute atomic E-state index is 0.0960. The van der Waals surface area contributed by atoms with Gasteiger partial charge in [0.1, 0.15) is 5.76 Å². The molecule has 1 aliphatic rings. The molecule has 0 aromatic carbocycles. The second-order valence-corrected chi connectivity index (χ2v) is 5.21. The SMILES string of the molecule is CC1(C)CNC(CC#N)CN1Cc1ccco1. The quantitative estimate of drug-likeness (QED) is 0.864. The van der Waals surface area contributed by atoms with Gasteiger partial charge in [-0.2, -0.15) is 5.26 Å².